The number of carbonyl (C=O) groups is 1. The maximum atomic E-state index is 14.2. The molecule has 1 saturated heterocycles. The van der Waals surface area contributed by atoms with E-state index in [0.717, 1.165) is 35.2 Å². The van der Waals surface area contributed by atoms with Gasteiger partial charge in [-0.25, -0.2) is 0 Å². The molecule has 0 radical (unpaired) electrons. The number of nitrogens with zero attached hydrogens (tertiary/aromatic N) is 1. The second-order valence-corrected chi connectivity index (χ2v) is 8.55. The predicted octanol–water partition coefficient (Wildman–Crippen LogP) is 6.08. The highest BCUT2D eigenvalue weighted by molar-refractivity contribution is 5.87. The quantitative estimate of drug-likeness (QED) is 0.565. The number of hydrogen-bond acceptors (Lipinski definition) is 2. The molecule has 0 bridgehead atoms. The average molecular weight is 406 g/mol. The Kier molecular flexibility index (Phi) is 6.22. The molecule has 1 fully saturated rings. The van der Waals surface area contributed by atoms with Crippen molar-refractivity contribution in [1.82, 2.24) is 10.4 Å². The number of hydrazine groups is 1. The minimum absolute atomic E-state index is 0.0340. The van der Waals surface area contributed by atoms with E-state index in [1.807, 2.05) is 18.2 Å². The molecule has 0 aromatic heterocycles. The van der Waals surface area contributed by atoms with Gasteiger partial charge >= 0.3 is 6.18 Å². The number of carbonyl (C=O) groups excluding carboxylic acids is 1. The molecule has 0 aliphatic carbocycles. The zero-order valence-electron chi connectivity index (χ0n) is 17.3. The van der Waals surface area contributed by atoms with Crippen molar-refractivity contribution in [3.63, 3.8) is 0 Å². The topological polar surface area (TPSA) is 32.3 Å². The number of hydrogen-bond donors (Lipinski definition) is 1. The number of rotatable bonds is 7. The van der Waals surface area contributed by atoms with Crippen molar-refractivity contribution in [3.8, 4) is 0 Å². The molecule has 1 aliphatic rings. The summed E-state index contributed by atoms with van der Waals surface area (Å²) >= 11 is 0. The zero-order chi connectivity index (χ0) is 21.2. The first kappa shape index (κ1) is 21.6. The standard InChI is InChI=1S/C23H29F3N2O/c1-4-5-6-7-9-16-12-13-18-17(14-16)10-8-11-19(18)21(23(24,25)26)28-22(2,3)15-20(29)27-28/h8,10-14,21H,4-7,9,15H2,1-3H3,(H,27,29)/t21-/m0/s1. The zero-order valence-corrected chi connectivity index (χ0v) is 17.3. The van der Waals surface area contributed by atoms with Crippen LogP contribution < -0.4 is 5.43 Å². The van der Waals surface area contributed by atoms with E-state index in [1.165, 1.54) is 18.9 Å². The van der Waals surface area contributed by atoms with E-state index >= 15 is 0 Å². The smallest absolute Gasteiger partial charge is 0.287 e. The summed E-state index contributed by atoms with van der Waals surface area (Å²) < 4.78 is 42.5. The average Bonchev–Trinajstić information content (AvgIpc) is 2.89. The van der Waals surface area contributed by atoms with Gasteiger partial charge < -0.3 is 0 Å². The summed E-state index contributed by atoms with van der Waals surface area (Å²) in [7, 11) is 0. The minimum atomic E-state index is -4.53. The molecule has 1 amide bonds. The molecule has 3 nitrogen and oxygen atoms in total. The maximum Gasteiger partial charge on any atom is 0.409 e. The molecule has 29 heavy (non-hydrogen) atoms. The lowest BCUT2D eigenvalue weighted by Gasteiger charge is -2.38. The highest BCUT2D eigenvalue weighted by atomic mass is 19.4. The highest BCUT2D eigenvalue weighted by Crippen LogP contribution is 2.44. The van der Waals surface area contributed by atoms with E-state index in [-0.39, 0.29) is 17.9 Å². The van der Waals surface area contributed by atoms with Crippen LogP contribution in [0.15, 0.2) is 36.4 Å². The number of unbranched alkanes of at least 4 members (excludes halogenated alkanes) is 3. The lowest BCUT2D eigenvalue weighted by molar-refractivity contribution is -0.203. The van der Waals surface area contributed by atoms with Crippen molar-refractivity contribution in [3.05, 3.63) is 47.5 Å². The number of aryl methyl sites for hydroxylation is 1. The van der Waals surface area contributed by atoms with Crippen LogP contribution >= 0.6 is 0 Å². The molecule has 2 aromatic rings. The first-order valence-corrected chi connectivity index (χ1v) is 10.3. The molecule has 3 rings (SSSR count). The van der Waals surface area contributed by atoms with Crippen LogP contribution in [0, 0.1) is 0 Å². The normalized spacial score (nSPS) is 18.2. The van der Waals surface area contributed by atoms with Gasteiger partial charge in [-0.05, 0) is 48.6 Å². The number of halogens is 3. The second kappa shape index (κ2) is 8.34. The van der Waals surface area contributed by atoms with Crippen molar-refractivity contribution >= 4 is 16.7 Å². The van der Waals surface area contributed by atoms with E-state index in [1.54, 1.807) is 26.0 Å². The summed E-state index contributed by atoms with van der Waals surface area (Å²) in [4.78, 5) is 11.9. The second-order valence-electron chi connectivity index (χ2n) is 8.55. The highest BCUT2D eigenvalue weighted by Gasteiger charge is 2.53. The third kappa shape index (κ3) is 4.74. The fraction of sp³-hybridized carbons (Fsp3) is 0.522. The van der Waals surface area contributed by atoms with Crippen LogP contribution in [-0.2, 0) is 11.2 Å². The van der Waals surface area contributed by atoms with Crippen LogP contribution in [0.1, 0.15) is 70.0 Å². The largest absolute Gasteiger partial charge is 0.409 e. The number of fused-ring (bicyclic) bond motifs is 1. The molecular weight excluding hydrogens is 377 g/mol. The Morgan fingerprint density at radius 1 is 1.14 bits per heavy atom. The molecule has 1 aliphatic heterocycles. The van der Waals surface area contributed by atoms with Gasteiger partial charge in [0, 0.05) is 12.0 Å². The number of benzene rings is 2. The third-order valence-corrected chi connectivity index (χ3v) is 5.65. The van der Waals surface area contributed by atoms with E-state index in [0.29, 0.717) is 5.39 Å². The molecule has 0 saturated carbocycles. The Hall–Kier alpha value is -2.08. The van der Waals surface area contributed by atoms with Crippen LogP contribution in [0.25, 0.3) is 10.8 Å². The number of alkyl halides is 3. The van der Waals surface area contributed by atoms with Gasteiger partial charge in [0.2, 0.25) is 5.91 Å². The van der Waals surface area contributed by atoms with Crippen molar-refractivity contribution < 1.29 is 18.0 Å². The molecular formula is C23H29F3N2O. The van der Waals surface area contributed by atoms with E-state index in [9.17, 15) is 18.0 Å². The Morgan fingerprint density at radius 3 is 2.52 bits per heavy atom. The summed E-state index contributed by atoms with van der Waals surface area (Å²) in [6, 6.07) is 8.86. The lowest BCUT2D eigenvalue weighted by Crippen LogP contribution is -2.51. The minimum Gasteiger partial charge on any atom is -0.287 e. The summed E-state index contributed by atoms with van der Waals surface area (Å²) in [5.74, 6) is -0.390. The monoisotopic (exact) mass is 406 g/mol. The third-order valence-electron chi connectivity index (χ3n) is 5.65. The van der Waals surface area contributed by atoms with Crippen LogP contribution in [0.5, 0.6) is 0 Å². The SMILES string of the molecule is CCCCCCc1ccc2c([C@H](N3NC(=O)CC3(C)C)C(F)(F)F)cccc2c1. The Balaban J connectivity index is 1.98. The summed E-state index contributed by atoms with van der Waals surface area (Å²) in [6.45, 7) is 5.48. The van der Waals surface area contributed by atoms with Crippen molar-refractivity contribution in [2.75, 3.05) is 0 Å². The Morgan fingerprint density at radius 2 is 1.90 bits per heavy atom. The van der Waals surface area contributed by atoms with E-state index < -0.39 is 17.8 Å². The first-order valence-electron chi connectivity index (χ1n) is 10.3. The van der Waals surface area contributed by atoms with E-state index in [4.69, 9.17) is 0 Å². The van der Waals surface area contributed by atoms with Crippen LogP contribution in [0.2, 0.25) is 0 Å². The molecule has 6 heteroatoms. The van der Waals surface area contributed by atoms with E-state index in [2.05, 4.69) is 12.3 Å². The van der Waals surface area contributed by atoms with Gasteiger partial charge in [0.15, 0.2) is 6.04 Å². The molecule has 1 atom stereocenters. The summed E-state index contributed by atoms with van der Waals surface area (Å²) in [5.41, 5.74) is 2.82. The molecule has 0 spiro atoms. The fourth-order valence-electron chi connectivity index (χ4n) is 4.19. The molecule has 158 valence electrons. The van der Waals surface area contributed by atoms with Gasteiger partial charge in [-0.3, -0.25) is 10.2 Å². The van der Waals surface area contributed by atoms with Crippen LogP contribution in [0.4, 0.5) is 13.2 Å². The van der Waals surface area contributed by atoms with Gasteiger partial charge in [0.1, 0.15) is 0 Å². The molecule has 2 aromatic carbocycles. The number of amides is 1. The number of nitrogens with one attached hydrogen (secondary N) is 1. The lowest BCUT2D eigenvalue weighted by atomic mass is 9.92. The Bertz CT molecular complexity index is 876. The van der Waals surface area contributed by atoms with Crippen LogP contribution in [0.3, 0.4) is 0 Å². The summed E-state index contributed by atoms with van der Waals surface area (Å²) in [5, 5.41) is 2.44. The van der Waals surface area contributed by atoms with Crippen molar-refractivity contribution in [2.24, 2.45) is 0 Å². The maximum absolute atomic E-state index is 14.2. The van der Waals surface area contributed by atoms with Crippen molar-refractivity contribution in [2.45, 2.75) is 77.1 Å². The fourth-order valence-corrected chi connectivity index (χ4v) is 4.19. The van der Waals surface area contributed by atoms with Gasteiger partial charge in [0.05, 0.1) is 0 Å². The predicted molar refractivity (Wildman–Crippen MR) is 109 cm³/mol. The van der Waals surface area contributed by atoms with Gasteiger partial charge in [-0.2, -0.15) is 18.2 Å². The first-order chi connectivity index (χ1) is 13.6. The summed E-state index contributed by atoms with van der Waals surface area (Å²) in [6.07, 6.45) is 1.05. The molecule has 0 unspecified atom stereocenters. The Labute approximate surface area is 170 Å². The molecule has 1 N–H and O–H groups in total. The van der Waals surface area contributed by atoms with Crippen LogP contribution in [-0.4, -0.2) is 22.6 Å². The van der Waals surface area contributed by atoms with Gasteiger partial charge in [0.25, 0.3) is 0 Å². The van der Waals surface area contributed by atoms with Gasteiger partial charge in [-0.1, -0.05) is 62.6 Å². The van der Waals surface area contributed by atoms with Crippen molar-refractivity contribution in [1.29, 1.82) is 0 Å². The van der Waals surface area contributed by atoms with Gasteiger partial charge in [-0.15, -0.1) is 0 Å². The molecule has 1 heterocycles.